The number of nitrogens with zero attached hydrogens (tertiary/aromatic N) is 1. The fourth-order valence-electron chi connectivity index (χ4n) is 2.18. The monoisotopic (exact) mass is 300 g/mol. The lowest BCUT2D eigenvalue weighted by atomic mass is 10.1. The van der Waals surface area contributed by atoms with E-state index in [4.69, 9.17) is 10.2 Å². The van der Waals surface area contributed by atoms with E-state index in [1.807, 2.05) is 0 Å². The van der Waals surface area contributed by atoms with E-state index >= 15 is 0 Å². The molecule has 0 amide bonds. The van der Waals surface area contributed by atoms with Crippen LogP contribution in [0.2, 0.25) is 0 Å². The SMILES string of the molecule is O=C(O)C1CCCCN1S(=O)(=O)Nc1ccc(O)cc1. The molecule has 110 valence electrons. The molecule has 0 radical (unpaired) electrons. The number of hydrogen-bond acceptors (Lipinski definition) is 4. The summed E-state index contributed by atoms with van der Waals surface area (Å²) in [6, 6.07) is 4.49. The first-order chi connectivity index (χ1) is 9.40. The number of carboxylic acid groups (broad SMARTS) is 1. The van der Waals surface area contributed by atoms with Crippen molar-refractivity contribution >= 4 is 21.9 Å². The Bertz CT molecular complexity index is 584. The molecule has 0 aromatic heterocycles. The summed E-state index contributed by atoms with van der Waals surface area (Å²) < 4.78 is 27.8. The van der Waals surface area contributed by atoms with Crippen LogP contribution in [0.25, 0.3) is 0 Å². The number of aliphatic carboxylic acids is 1. The van der Waals surface area contributed by atoms with Crippen molar-refractivity contribution in [1.82, 2.24) is 4.31 Å². The Balaban J connectivity index is 2.20. The fourth-order valence-corrected chi connectivity index (χ4v) is 3.63. The van der Waals surface area contributed by atoms with Gasteiger partial charge in [0, 0.05) is 6.54 Å². The molecule has 1 atom stereocenters. The average molecular weight is 300 g/mol. The second-order valence-corrected chi connectivity index (χ2v) is 6.24. The zero-order valence-corrected chi connectivity index (χ0v) is 11.5. The van der Waals surface area contributed by atoms with Crippen molar-refractivity contribution in [2.75, 3.05) is 11.3 Å². The van der Waals surface area contributed by atoms with Gasteiger partial charge in [-0.1, -0.05) is 0 Å². The maximum absolute atomic E-state index is 12.2. The van der Waals surface area contributed by atoms with Crippen molar-refractivity contribution in [3.05, 3.63) is 24.3 Å². The molecule has 1 heterocycles. The number of carbonyl (C=O) groups is 1. The van der Waals surface area contributed by atoms with Gasteiger partial charge in [-0.25, -0.2) is 0 Å². The van der Waals surface area contributed by atoms with Gasteiger partial charge in [-0.15, -0.1) is 0 Å². The summed E-state index contributed by atoms with van der Waals surface area (Å²) in [6.07, 6.45) is 1.65. The summed E-state index contributed by atoms with van der Waals surface area (Å²) in [6.45, 7) is 0.185. The van der Waals surface area contributed by atoms with E-state index in [0.29, 0.717) is 19.3 Å². The molecule has 7 nitrogen and oxygen atoms in total. The van der Waals surface area contributed by atoms with Crippen molar-refractivity contribution in [1.29, 1.82) is 0 Å². The molecule has 1 saturated heterocycles. The molecule has 1 aromatic rings. The van der Waals surface area contributed by atoms with Gasteiger partial charge in [-0.2, -0.15) is 12.7 Å². The largest absolute Gasteiger partial charge is 0.508 e. The second kappa shape index (κ2) is 5.68. The number of nitrogens with one attached hydrogen (secondary N) is 1. The molecule has 8 heteroatoms. The van der Waals surface area contributed by atoms with Gasteiger partial charge in [-0.05, 0) is 43.5 Å². The first-order valence-corrected chi connectivity index (χ1v) is 7.65. The van der Waals surface area contributed by atoms with Crippen LogP contribution in [0.1, 0.15) is 19.3 Å². The third kappa shape index (κ3) is 3.20. The predicted molar refractivity (Wildman–Crippen MR) is 72.6 cm³/mol. The maximum atomic E-state index is 12.2. The minimum absolute atomic E-state index is 0.0225. The van der Waals surface area contributed by atoms with Gasteiger partial charge in [0.05, 0.1) is 5.69 Å². The molecule has 2 rings (SSSR count). The summed E-state index contributed by atoms with van der Waals surface area (Å²) in [7, 11) is -3.92. The molecule has 3 N–H and O–H groups in total. The third-order valence-corrected chi connectivity index (χ3v) is 4.71. The highest BCUT2D eigenvalue weighted by atomic mass is 32.2. The number of hydrogen-bond donors (Lipinski definition) is 3. The molecule has 0 saturated carbocycles. The topological polar surface area (TPSA) is 107 Å². The Kier molecular flexibility index (Phi) is 4.15. The fraction of sp³-hybridized carbons (Fsp3) is 0.417. The van der Waals surface area contributed by atoms with Crippen molar-refractivity contribution in [2.24, 2.45) is 0 Å². The summed E-state index contributed by atoms with van der Waals surface area (Å²) in [5.41, 5.74) is 0.275. The smallest absolute Gasteiger partial charge is 0.322 e. The number of phenolic OH excluding ortho intramolecular Hbond substituents is 1. The minimum atomic E-state index is -3.92. The lowest BCUT2D eigenvalue weighted by Crippen LogP contribution is -2.49. The van der Waals surface area contributed by atoms with Crippen LogP contribution in [0, 0.1) is 0 Å². The van der Waals surface area contributed by atoms with Gasteiger partial charge in [0.1, 0.15) is 11.8 Å². The van der Waals surface area contributed by atoms with Crippen LogP contribution < -0.4 is 4.72 Å². The summed E-state index contributed by atoms with van der Waals surface area (Å²) >= 11 is 0. The summed E-state index contributed by atoms with van der Waals surface area (Å²) in [4.78, 5) is 11.1. The highest BCUT2D eigenvalue weighted by Crippen LogP contribution is 2.23. The van der Waals surface area contributed by atoms with Gasteiger partial charge in [0.2, 0.25) is 0 Å². The Labute approximate surface area is 117 Å². The average Bonchev–Trinajstić information content (AvgIpc) is 2.41. The molecule has 1 aliphatic rings. The number of benzene rings is 1. The van der Waals surface area contributed by atoms with Gasteiger partial charge in [0.15, 0.2) is 0 Å². The van der Waals surface area contributed by atoms with E-state index in [9.17, 15) is 13.2 Å². The van der Waals surface area contributed by atoms with Crippen LogP contribution in [0.3, 0.4) is 0 Å². The Morgan fingerprint density at radius 2 is 1.90 bits per heavy atom. The van der Waals surface area contributed by atoms with Crippen LogP contribution in [-0.2, 0) is 15.0 Å². The highest BCUT2D eigenvalue weighted by molar-refractivity contribution is 7.90. The normalized spacial score (nSPS) is 20.5. The molecule has 0 spiro atoms. The maximum Gasteiger partial charge on any atom is 0.322 e. The highest BCUT2D eigenvalue weighted by Gasteiger charge is 2.36. The molecule has 1 aliphatic heterocycles. The molecule has 1 unspecified atom stereocenters. The molecular formula is C12H16N2O5S. The van der Waals surface area contributed by atoms with Gasteiger partial charge >= 0.3 is 16.2 Å². The Morgan fingerprint density at radius 3 is 2.50 bits per heavy atom. The van der Waals surface area contributed by atoms with Crippen molar-refractivity contribution in [2.45, 2.75) is 25.3 Å². The third-order valence-electron chi connectivity index (χ3n) is 3.16. The minimum Gasteiger partial charge on any atom is -0.508 e. The van der Waals surface area contributed by atoms with Gasteiger partial charge in [-0.3, -0.25) is 9.52 Å². The zero-order chi connectivity index (χ0) is 14.8. The lowest BCUT2D eigenvalue weighted by Gasteiger charge is -2.31. The predicted octanol–water partition coefficient (Wildman–Crippen LogP) is 0.988. The number of rotatable bonds is 4. The quantitative estimate of drug-likeness (QED) is 0.719. The first kappa shape index (κ1) is 14.6. The number of phenols is 1. The zero-order valence-electron chi connectivity index (χ0n) is 10.7. The molecular weight excluding hydrogens is 284 g/mol. The van der Waals surface area contributed by atoms with Gasteiger partial charge in [0.25, 0.3) is 0 Å². The molecule has 0 aliphatic carbocycles. The van der Waals surface area contributed by atoms with Crippen LogP contribution in [0.5, 0.6) is 5.75 Å². The van der Waals surface area contributed by atoms with E-state index in [1.165, 1.54) is 24.3 Å². The molecule has 1 fully saturated rings. The van der Waals surface area contributed by atoms with E-state index < -0.39 is 22.2 Å². The van der Waals surface area contributed by atoms with E-state index in [2.05, 4.69) is 4.72 Å². The number of anilines is 1. The number of aromatic hydroxyl groups is 1. The molecule has 1 aromatic carbocycles. The van der Waals surface area contributed by atoms with Crippen molar-refractivity contribution in [3.8, 4) is 5.75 Å². The Morgan fingerprint density at radius 1 is 1.25 bits per heavy atom. The van der Waals surface area contributed by atoms with Crippen molar-refractivity contribution in [3.63, 3.8) is 0 Å². The standard InChI is InChI=1S/C12H16N2O5S/c15-10-6-4-9(5-7-10)13-20(18,19)14-8-2-1-3-11(14)12(16)17/h4-7,11,13,15H,1-3,8H2,(H,16,17). The number of piperidine rings is 1. The van der Waals surface area contributed by atoms with E-state index in [1.54, 1.807) is 0 Å². The number of carboxylic acids is 1. The van der Waals surface area contributed by atoms with Crippen LogP contribution in [0.4, 0.5) is 5.69 Å². The summed E-state index contributed by atoms with van der Waals surface area (Å²) in [5.74, 6) is -1.12. The lowest BCUT2D eigenvalue weighted by molar-refractivity contribution is -0.142. The molecule has 20 heavy (non-hydrogen) atoms. The van der Waals surface area contributed by atoms with Crippen LogP contribution in [-0.4, -0.2) is 41.5 Å². The van der Waals surface area contributed by atoms with Crippen LogP contribution in [0.15, 0.2) is 24.3 Å². The van der Waals surface area contributed by atoms with Gasteiger partial charge < -0.3 is 10.2 Å². The van der Waals surface area contributed by atoms with E-state index in [0.717, 1.165) is 4.31 Å². The first-order valence-electron chi connectivity index (χ1n) is 6.21. The van der Waals surface area contributed by atoms with E-state index in [-0.39, 0.29) is 18.0 Å². The van der Waals surface area contributed by atoms with Crippen molar-refractivity contribution < 1.29 is 23.4 Å². The van der Waals surface area contributed by atoms with Crippen LogP contribution >= 0.6 is 0 Å². The summed E-state index contributed by atoms with van der Waals surface area (Å²) in [5, 5.41) is 18.3. The Hall–Kier alpha value is -1.80. The molecule has 0 bridgehead atoms. The second-order valence-electron chi connectivity index (χ2n) is 4.61.